The molecule has 1 heterocycles. The number of hydrogen-bond donors (Lipinski definition) is 1. The van der Waals surface area contributed by atoms with Crippen molar-refractivity contribution in [2.24, 2.45) is 17.8 Å². The fraction of sp³-hybridized carbons (Fsp3) is 1.00. The second-order valence-corrected chi connectivity index (χ2v) is 7.29. The molecule has 0 aromatic carbocycles. The van der Waals surface area contributed by atoms with Crippen molar-refractivity contribution in [1.82, 2.24) is 10.2 Å². The van der Waals surface area contributed by atoms with Crippen molar-refractivity contribution in [3.63, 3.8) is 0 Å². The van der Waals surface area contributed by atoms with Crippen LogP contribution in [0.4, 0.5) is 0 Å². The van der Waals surface area contributed by atoms with Crippen LogP contribution in [0.25, 0.3) is 0 Å². The maximum absolute atomic E-state index is 3.87. The Bertz CT molecular complexity index is 258. The van der Waals surface area contributed by atoms with E-state index in [2.05, 4.69) is 31.0 Å². The van der Waals surface area contributed by atoms with E-state index in [0.717, 1.165) is 17.8 Å². The molecule has 1 aliphatic carbocycles. The lowest BCUT2D eigenvalue weighted by molar-refractivity contribution is 0.152. The first-order valence-corrected chi connectivity index (χ1v) is 9.18. The van der Waals surface area contributed by atoms with Crippen LogP contribution < -0.4 is 5.32 Å². The van der Waals surface area contributed by atoms with E-state index in [-0.39, 0.29) is 0 Å². The molecule has 0 radical (unpaired) electrons. The smallest absolute Gasteiger partial charge is 0.00793 e. The van der Waals surface area contributed by atoms with Gasteiger partial charge in [0.15, 0.2) is 0 Å². The number of rotatable bonds is 6. The molecule has 2 rings (SSSR count). The van der Waals surface area contributed by atoms with Crippen LogP contribution in [0, 0.1) is 17.8 Å². The van der Waals surface area contributed by atoms with E-state index in [9.17, 15) is 0 Å². The molecule has 2 nitrogen and oxygen atoms in total. The minimum atomic E-state index is 0.702. The Hall–Kier alpha value is -0.0800. The van der Waals surface area contributed by atoms with Crippen LogP contribution >= 0.6 is 0 Å². The van der Waals surface area contributed by atoms with Crippen molar-refractivity contribution in [2.45, 2.75) is 71.8 Å². The minimum Gasteiger partial charge on any atom is -0.314 e. The van der Waals surface area contributed by atoms with Gasteiger partial charge in [-0.25, -0.2) is 0 Å². The predicted molar refractivity (Wildman–Crippen MR) is 88.0 cm³/mol. The normalized spacial score (nSPS) is 34.0. The van der Waals surface area contributed by atoms with Crippen molar-refractivity contribution >= 4 is 0 Å². The lowest BCUT2D eigenvalue weighted by Gasteiger charge is -2.36. The fourth-order valence-electron chi connectivity index (χ4n) is 4.15. The Morgan fingerprint density at radius 1 is 1.05 bits per heavy atom. The molecule has 2 atom stereocenters. The molecular weight excluding hydrogens is 244 g/mol. The standard InChI is InChI=1S/C18H36N2/c1-4-16-8-10-17(11-9-16)13-19-15(3)18-7-6-12-20(5-2)14-18/h15-19H,4-14H2,1-3H3. The second kappa shape index (κ2) is 8.38. The zero-order chi connectivity index (χ0) is 14.4. The van der Waals surface area contributed by atoms with Crippen molar-refractivity contribution in [3.8, 4) is 0 Å². The third-order valence-electron chi connectivity index (χ3n) is 5.97. The van der Waals surface area contributed by atoms with E-state index >= 15 is 0 Å². The Labute approximate surface area is 126 Å². The van der Waals surface area contributed by atoms with Crippen LogP contribution in [0.1, 0.15) is 65.7 Å². The van der Waals surface area contributed by atoms with Crippen molar-refractivity contribution in [1.29, 1.82) is 0 Å². The van der Waals surface area contributed by atoms with Gasteiger partial charge >= 0.3 is 0 Å². The molecule has 0 aromatic rings. The first kappa shape index (κ1) is 16.3. The van der Waals surface area contributed by atoms with Gasteiger partial charge < -0.3 is 10.2 Å². The number of likely N-dealkylation sites (tertiary alicyclic amines) is 1. The van der Waals surface area contributed by atoms with Crippen LogP contribution in [-0.4, -0.2) is 37.1 Å². The van der Waals surface area contributed by atoms with Gasteiger partial charge in [0.25, 0.3) is 0 Å². The third-order valence-corrected chi connectivity index (χ3v) is 5.97. The molecule has 20 heavy (non-hydrogen) atoms. The van der Waals surface area contributed by atoms with Crippen LogP contribution in [-0.2, 0) is 0 Å². The van der Waals surface area contributed by atoms with Gasteiger partial charge in [-0.3, -0.25) is 0 Å². The topological polar surface area (TPSA) is 15.3 Å². The summed E-state index contributed by atoms with van der Waals surface area (Å²) in [5, 5.41) is 3.87. The first-order valence-electron chi connectivity index (χ1n) is 9.18. The number of piperidine rings is 1. The van der Waals surface area contributed by atoms with E-state index in [1.807, 2.05) is 0 Å². The molecule has 1 aliphatic heterocycles. The Balaban J connectivity index is 1.66. The van der Waals surface area contributed by atoms with Crippen molar-refractivity contribution in [3.05, 3.63) is 0 Å². The van der Waals surface area contributed by atoms with Gasteiger partial charge in [-0.2, -0.15) is 0 Å². The number of nitrogens with zero attached hydrogens (tertiary/aromatic N) is 1. The highest BCUT2D eigenvalue weighted by atomic mass is 15.1. The van der Waals surface area contributed by atoms with Crippen LogP contribution in [0.3, 0.4) is 0 Å². The maximum Gasteiger partial charge on any atom is 0.00793 e. The summed E-state index contributed by atoms with van der Waals surface area (Å²) < 4.78 is 0. The summed E-state index contributed by atoms with van der Waals surface area (Å²) >= 11 is 0. The molecule has 1 N–H and O–H groups in total. The van der Waals surface area contributed by atoms with Crippen LogP contribution in [0.2, 0.25) is 0 Å². The number of nitrogens with one attached hydrogen (secondary N) is 1. The fourth-order valence-corrected chi connectivity index (χ4v) is 4.15. The zero-order valence-corrected chi connectivity index (χ0v) is 14.0. The average molecular weight is 280 g/mol. The molecule has 2 heteroatoms. The molecule has 0 aromatic heterocycles. The van der Waals surface area contributed by atoms with E-state index in [1.54, 1.807) is 0 Å². The van der Waals surface area contributed by atoms with Crippen LogP contribution in [0.5, 0.6) is 0 Å². The van der Waals surface area contributed by atoms with Crippen molar-refractivity contribution in [2.75, 3.05) is 26.2 Å². The van der Waals surface area contributed by atoms with E-state index < -0.39 is 0 Å². The highest BCUT2D eigenvalue weighted by Crippen LogP contribution is 2.30. The molecule has 2 aliphatic rings. The highest BCUT2D eigenvalue weighted by molar-refractivity contribution is 4.81. The summed E-state index contributed by atoms with van der Waals surface area (Å²) in [5.41, 5.74) is 0. The van der Waals surface area contributed by atoms with Gasteiger partial charge in [-0.1, -0.05) is 33.1 Å². The Kier molecular flexibility index (Phi) is 6.83. The summed E-state index contributed by atoms with van der Waals surface area (Å²) in [6.45, 7) is 12.2. The highest BCUT2D eigenvalue weighted by Gasteiger charge is 2.25. The Morgan fingerprint density at radius 2 is 1.75 bits per heavy atom. The average Bonchev–Trinajstić information content (AvgIpc) is 2.53. The predicted octanol–water partition coefficient (Wildman–Crippen LogP) is 3.91. The van der Waals surface area contributed by atoms with Gasteiger partial charge in [-0.15, -0.1) is 0 Å². The monoisotopic (exact) mass is 280 g/mol. The van der Waals surface area contributed by atoms with E-state index in [1.165, 1.54) is 71.1 Å². The molecule has 118 valence electrons. The van der Waals surface area contributed by atoms with Gasteiger partial charge in [0.2, 0.25) is 0 Å². The van der Waals surface area contributed by atoms with Crippen LogP contribution in [0.15, 0.2) is 0 Å². The van der Waals surface area contributed by atoms with Gasteiger partial charge in [-0.05, 0) is 70.0 Å². The second-order valence-electron chi connectivity index (χ2n) is 7.29. The van der Waals surface area contributed by atoms with E-state index in [4.69, 9.17) is 0 Å². The lowest BCUT2D eigenvalue weighted by atomic mass is 9.80. The molecular formula is C18H36N2. The summed E-state index contributed by atoms with van der Waals surface area (Å²) in [5.74, 6) is 2.85. The number of hydrogen-bond acceptors (Lipinski definition) is 2. The first-order chi connectivity index (χ1) is 9.72. The third kappa shape index (κ3) is 4.73. The maximum atomic E-state index is 3.87. The van der Waals surface area contributed by atoms with Crippen molar-refractivity contribution < 1.29 is 0 Å². The lowest BCUT2D eigenvalue weighted by Crippen LogP contribution is -2.45. The minimum absolute atomic E-state index is 0.702. The SMILES string of the molecule is CCC1CCC(CNC(C)C2CCCN(CC)C2)CC1. The quantitative estimate of drug-likeness (QED) is 0.793. The molecule has 0 amide bonds. The molecule has 1 saturated heterocycles. The molecule has 2 unspecified atom stereocenters. The van der Waals surface area contributed by atoms with Gasteiger partial charge in [0.1, 0.15) is 0 Å². The summed E-state index contributed by atoms with van der Waals surface area (Å²) in [7, 11) is 0. The zero-order valence-electron chi connectivity index (χ0n) is 14.0. The molecule has 2 fully saturated rings. The summed E-state index contributed by atoms with van der Waals surface area (Å²) in [6, 6.07) is 0.702. The molecule has 0 bridgehead atoms. The van der Waals surface area contributed by atoms with E-state index in [0.29, 0.717) is 6.04 Å². The molecule has 1 saturated carbocycles. The largest absolute Gasteiger partial charge is 0.314 e. The summed E-state index contributed by atoms with van der Waals surface area (Å²) in [6.07, 6.45) is 10.1. The summed E-state index contributed by atoms with van der Waals surface area (Å²) in [4.78, 5) is 2.62. The Morgan fingerprint density at radius 3 is 2.40 bits per heavy atom. The van der Waals surface area contributed by atoms with Gasteiger partial charge in [0.05, 0.1) is 0 Å². The van der Waals surface area contributed by atoms with Gasteiger partial charge in [0, 0.05) is 12.6 Å². The molecule has 0 spiro atoms.